The molecule has 0 aliphatic heterocycles. The molecule has 1 aliphatic rings. The zero-order valence-corrected chi connectivity index (χ0v) is 38.0. The van der Waals surface area contributed by atoms with Gasteiger partial charge in [0, 0.05) is 104 Å². The molecule has 0 saturated carbocycles. The number of aliphatic hydroxyl groups is 1. The lowest BCUT2D eigenvalue weighted by atomic mass is 9.97. The Morgan fingerprint density at radius 3 is 1.70 bits per heavy atom. The van der Waals surface area contributed by atoms with Crippen molar-refractivity contribution >= 4 is 72.0 Å². The minimum Gasteiger partial charge on any atom is -0.491 e. The maximum Gasteiger partial charge on any atom is 0.119 e. The Hall–Kier alpha value is -6.40. The van der Waals surface area contributed by atoms with Crippen LogP contribution in [0.4, 0.5) is 11.4 Å². The lowest BCUT2D eigenvalue weighted by Gasteiger charge is -2.31. The summed E-state index contributed by atoms with van der Waals surface area (Å²) in [6.07, 6.45) is 4.20. The van der Waals surface area contributed by atoms with E-state index in [9.17, 15) is 5.11 Å². The minimum absolute atomic E-state index is 0.0249. The van der Waals surface area contributed by atoms with E-state index in [1.54, 1.807) is 0 Å². The molecule has 9 aromatic rings. The molecule has 0 saturated heterocycles. The number of ether oxygens (including phenoxy) is 5. The number of fused-ring (bicyclic) bond motifs is 9. The standard InChI is InChI=1S/C56H58N4O6/c1-3-62-33-35-64-30-27-57-51-14-8-5-11-45(51)48-37-41(19-24-53(48)57)59(42-20-25-54-49(38-42)46-12-6-9-15-52(46)58(54)28-31-65-36-34-63-4-2)43-21-26-56-50(39-43)47-13-7-10-16-55(47)60(56)40-17-22-44(23-18-40)66-32-29-61/h5-19,21-24,26,37-39,61H,3-4,20,25,27-36H2,1-2H3. The van der Waals surface area contributed by atoms with Gasteiger partial charge in [0.2, 0.25) is 0 Å². The number of para-hydroxylation sites is 3. The van der Waals surface area contributed by atoms with E-state index in [2.05, 4.69) is 146 Å². The second kappa shape index (κ2) is 20.0. The molecule has 1 N–H and O–H groups in total. The van der Waals surface area contributed by atoms with Crippen LogP contribution in [0.25, 0.3) is 66.3 Å². The fourth-order valence-electron chi connectivity index (χ4n) is 9.91. The summed E-state index contributed by atoms with van der Waals surface area (Å²) in [5.41, 5.74) is 13.0. The first-order valence-corrected chi connectivity index (χ1v) is 23.5. The number of hydrogen-bond donors (Lipinski definition) is 1. The molecule has 3 heterocycles. The molecule has 10 heteroatoms. The van der Waals surface area contributed by atoms with Crippen molar-refractivity contribution in [2.45, 2.75) is 39.8 Å². The SMILES string of the molecule is CCOCCOCCn1c2c(c3ccccc31)C=C(N(c1ccc3c(c1)c1ccccc1n3CCOCCOCC)c1ccc3c(c1)c1ccccc1n3-c1ccc(OCCO)cc1)CC2. The maximum atomic E-state index is 9.32. The number of hydrogen-bond acceptors (Lipinski definition) is 7. The summed E-state index contributed by atoms with van der Waals surface area (Å²) < 4.78 is 36.0. The summed E-state index contributed by atoms with van der Waals surface area (Å²) in [4.78, 5) is 2.49. The molecular weight excluding hydrogens is 825 g/mol. The summed E-state index contributed by atoms with van der Waals surface area (Å²) in [5.74, 6) is 0.732. The van der Waals surface area contributed by atoms with Crippen LogP contribution in [0, 0.1) is 0 Å². The zero-order valence-electron chi connectivity index (χ0n) is 38.0. The molecule has 0 unspecified atom stereocenters. The highest BCUT2D eigenvalue weighted by Gasteiger charge is 2.26. The topological polar surface area (TPSA) is 84.4 Å². The first kappa shape index (κ1) is 43.5. The van der Waals surface area contributed by atoms with Crippen molar-refractivity contribution in [2.75, 3.05) is 71.0 Å². The summed E-state index contributed by atoms with van der Waals surface area (Å²) in [7, 11) is 0. The highest BCUT2D eigenvalue weighted by Crippen LogP contribution is 2.43. The van der Waals surface area contributed by atoms with Crippen LogP contribution in [0.5, 0.6) is 5.75 Å². The molecule has 0 fully saturated rings. The third-order valence-corrected chi connectivity index (χ3v) is 12.8. The van der Waals surface area contributed by atoms with Gasteiger partial charge >= 0.3 is 0 Å². The van der Waals surface area contributed by atoms with Gasteiger partial charge in [-0.2, -0.15) is 0 Å². The number of allylic oxidation sites excluding steroid dienone is 1. The van der Waals surface area contributed by atoms with Gasteiger partial charge in [-0.05, 0) is 112 Å². The highest BCUT2D eigenvalue weighted by atomic mass is 16.5. The fraction of sp³-hybridized carbons (Fsp3) is 0.286. The summed E-state index contributed by atoms with van der Waals surface area (Å²) in [5, 5.41) is 15.4. The van der Waals surface area contributed by atoms with Crippen LogP contribution in [0.3, 0.4) is 0 Å². The molecule has 10 nitrogen and oxygen atoms in total. The van der Waals surface area contributed by atoms with Gasteiger partial charge in [-0.3, -0.25) is 0 Å². The predicted molar refractivity (Wildman–Crippen MR) is 268 cm³/mol. The minimum atomic E-state index is -0.0249. The number of nitrogens with zero attached hydrogens (tertiary/aromatic N) is 4. The van der Waals surface area contributed by atoms with Crippen molar-refractivity contribution in [3.63, 3.8) is 0 Å². The van der Waals surface area contributed by atoms with Crippen molar-refractivity contribution in [2.24, 2.45) is 0 Å². The van der Waals surface area contributed by atoms with Gasteiger partial charge in [0.05, 0.1) is 57.3 Å². The second-order valence-corrected chi connectivity index (χ2v) is 16.6. The molecule has 0 atom stereocenters. The molecule has 338 valence electrons. The smallest absolute Gasteiger partial charge is 0.119 e. The average Bonchev–Trinajstić information content (AvgIpc) is 3.98. The van der Waals surface area contributed by atoms with Gasteiger partial charge in [-0.25, -0.2) is 0 Å². The van der Waals surface area contributed by atoms with Crippen molar-refractivity contribution < 1.29 is 28.8 Å². The van der Waals surface area contributed by atoms with E-state index in [0.29, 0.717) is 52.9 Å². The molecule has 0 bridgehead atoms. The largest absolute Gasteiger partial charge is 0.491 e. The monoisotopic (exact) mass is 882 g/mol. The second-order valence-electron chi connectivity index (χ2n) is 16.6. The Labute approximate surface area is 385 Å². The number of anilines is 2. The van der Waals surface area contributed by atoms with Crippen molar-refractivity contribution in [1.29, 1.82) is 0 Å². The zero-order chi connectivity index (χ0) is 44.8. The Morgan fingerprint density at radius 2 is 1.03 bits per heavy atom. The van der Waals surface area contributed by atoms with Crippen LogP contribution < -0.4 is 9.64 Å². The Balaban J connectivity index is 1.10. The number of aromatic nitrogens is 3. The Bertz CT molecular complexity index is 3140. The first-order chi connectivity index (χ1) is 32.7. The summed E-state index contributed by atoms with van der Waals surface area (Å²) >= 11 is 0. The van der Waals surface area contributed by atoms with E-state index in [4.69, 9.17) is 23.7 Å². The molecule has 1 aliphatic carbocycles. The quantitative estimate of drug-likeness (QED) is 0.0720. The molecule has 0 radical (unpaired) electrons. The number of rotatable bonds is 21. The molecule has 6 aromatic carbocycles. The third kappa shape index (κ3) is 8.47. The van der Waals surface area contributed by atoms with Crippen LogP contribution in [-0.4, -0.2) is 84.9 Å². The number of benzene rings is 6. The molecular formula is C56H58N4O6. The van der Waals surface area contributed by atoms with Crippen LogP contribution in [0.1, 0.15) is 31.5 Å². The molecule has 0 spiro atoms. The van der Waals surface area contributed by atoms with Gasteiger partial charge in [0.15, 0.2) is 0 Å². The van der Waals surface area contributed by atoms with E-state index in [0.717, 1.165) is 59.8 Å². The predicted octanol–water partition coefficient (Wildman–Crippen LogP) is 11.4. The van der Waals surface area contributed by atoms with Crippen molar-refractivity contribution in [3.8, 4) is 11.4 Å². The highest BCUT2D eigenvalue weighted by molar-refractivity contribution is 6.12. The Kier molecular flexibility index (Phi) is 13.2. The van der Waals surface area contributed by atoms with Gasteiger partial charge in [0.25, 0.3) is 0 Å². The fourth-order valence-corrected chi connectivity index (χ4v) is 9.91. The average molecular weight is 883 g/mol. The maximum absolute atomic E-state index is 9.32. The Morgan fingerprint density at radius 1 is 0.500 bits per heavy atom. The summed E-state index contributed by atoms with van der Waals surface area (Å²) in [6, 6.07) is 48.2. The number of aliphatic hydroxyl groups excluding tert-OH is 1. The third-order valence-electron chi connectivity index (χ3n) is 12.8. The lowest BCUT2D eigenvalue weighted by molar-refractivity contribution is 0.0498. The lowest BCUT2D eigenvalue weighted by Crippen LogP contribution is -2.20. The van der Waals surface area contributed by atoms with Crippen molar-refractivity contribution in [3.05, 3.63) is 150 Å². The first-order valence-electron chi connectivity index (χ1n) is 23.5. The van der Waals surface area contributed by atoms with Gasteiger partial charge in [-0.15, -0.1) is 0 Å². The van der Waals surface area contributed by atoms with Crippen LogP contribution in [-0.2, 0) is 38.5 Å². The van der Waals surface area contributed by atoms with Crippen molar-refractivity contribution in [1.82, 2.24) is 13.7 Å². The molecule has 3 aromatic heterocycles. The van der Waals surface area contributed by atoms with Crippen LogP contribution in [0.15, 0.2) is 139 Å². The van der Waals surface area contributed by atoms with E-state index in [-0.39, 0.29) is 13.2 Å². The van der Waals surface area contributed by atoms with Gasteiger partial charge < -0.3 is 47.4 Å². The molecule has 66 heavy (non-hydrogen) atoms. The van der Waals surface area contributed by atoms with Crippen LogP contribution >= 0.6 is 0 Å². The molecule has 10 rings (SSSR count). The summed E-state index contributed by atoms with van der Waals surface area (Å²) in [6.45, 7) is 10.8. The molecule has 0 amide bonds. The van der Waals surface area contributed by atoms with E-state index < -0.39 is 0 Å². The van der Waals surface area contributed by atoms with Gasteiger partial charge in [0.1, 0.15) is 12.4 Å². The van der Waals surface area contributed by atoms with E-state index in [1.807, 2.05) is 26.0 Å². The van der Waals surface area contributed by atoms with E-state index >= 15 is 0 Å². The normalized spacial score (nSPS) is 12.8. The van der Waals surface area contributed by atoms with Gasteiger partial charge in [-0.1, -0.05) is 54.6 Å². The van der Waals surface area contributed by atoms with E-state index in [1.165, 1.54) is 60.4 Å². The van der Waals surface area contributed by atoms with Crippen LogP contribution in [0.2, 0.25) is 0 Å².